The van der Waals surface area contributed by atoms with E-state index in [-0.39, 0.29) is 44.2 Å². The van der Waals surface area contributed by atoms with Crippen molar-refractivity contribution in [3.05, 3.63) is 29.8 Å². The quantitative estimate of drug-likeness (QED) is 0.252. The second-order valence-electron chi connectivity index (χ2n) is 7.64. The van der Waals surface area contributed by atoms with E-state index in [1.165, 1.54) is 31.2 Å². The Hall–Kier alpha value is -3.42. The SMILES string of the molecule is CC(=O)Nc1cc(/N=N/c2snc3ccc(S(=O)(=O)O)cc23)c2c(c1O)C(C)(C)C(=O)N2. The largest absolute Gasteiger partial charge is 0.505 e. The summed E-state index contributed by atoms with van der Waals surface area (Å²) in [5, 5.41) is 24.8. The summed E-state index contributed by atoms with van der Waals surface area (Å²) >= 11 is 0.960. The lowest BCUT2D eigenvalue weighted by atomic mass is 9.85. The van der Waals surface area contributed by atoms with Crippen molar-refractivity contribution < 1.29 is 27.7 Å². The molecule has 0 saturated carbocycles. The number of phenols is 1. The molecule has 1 aliphatic rings. The molecule has 2 heterocycles. The van der Waals surface area contributed by atoms with Crippen molar-refractivity contribution in [2.24, 2.45) is 10.2 Å². The van der Waals surface area contributed by atoms with Crippen LogP contribution in [0.5, 0.6) is 5.75 Å². The van der Waals surface area contributed by atoms with E-state index in [1.54, 1.807) is 13.8 Å². The maximum Gasteiger partial charge on any atom is 0.294 e. The molecular formula is C19H17N5O6S2. The summed E-state index contributed by atoms with van der Waals surface area (Å²) < 4.78 is 36.4. The molecule has 13 heteroatoms. The minimum Gasteiger partial charge on any atom is -0.505 e. The highest BCUT2D eigenvalue weighted by molar-refractivity contribution is 7.85. The zero-order valence-electron chi connectivity index (χ0n) is 17.0. The summed E-state index contributed by atoms with van der Waals surface area (Å²) in [5.74, 6) is -1.04. The first-order chi connectivity index (χ1) is 14.9. The molecule has 0 aliphatic carbocycles. The number of hydrogen-bond donors (Lipinski definition) is 4. The van der Waals surface area contributed by atoms with Crippen LogP contribution in [0, 0.1) is 0 Å². The van der Waals surface area contributed by atoms with Gasteiger partial charge in [-0.2, -0.15) is 12.8 Å². The molecule has 4 N–H and O–H groups in total. The fourth-order valence-corrected chi connectivity index (χ4v) is 4.57. The van der Waals surface area contributed by atoms with Crippen LogP contribution in [0.1, 0.15) is 26.3 Å². The second kappa shape index (κ2) is 7.32. The first-order valence-electron chi connectivity index (χ1n) is 9.17. The molecule has 0 saturated heterocycles. The molecule has 1 aromatic heterocycles. The van der Waals surface area contributed by atoms with E-state index in [2.05, 4.69) is 25.2 Å². The Morgan fingerprint density at radius 2 is 1.97 bits per heavy atom. The van der Waals surface area contributed by atoms with Crippen molar-refractivity contribution in [1.82, 2.24) is 4.37 Å². The van der Waals surface area contributed by atoms with Crippen molar-refractivity contribution in [2.75, 3.05) is 10.6 Å². The molecule has 2 amide bonds. The van der Waals surface area contributed by atoms with Gasteiger partial charge in [-0.05, 0) is 49.6 Å². The van der Waals surface area contributed by atoms with Gasteiger partial charge in [0.2, 0.25) is 11.8 Å². The number of aromatic hydroxyl groups is 1. The van der Waals surface area contributed by atoms with Gasteiger partial charge in [-0.15, -0.1) is 10.2 Å². The highest BCUT2D eigenvalue weighted by Crippen LogP contribution is 2.51. The molecule has 166 valence electrons. The first-order valence-corrected chi connectivity index (χ1v) is 11.4. The Bertz CT molecular complexity index is 1440. The molecule has 0 bridgehead atoms. The van der Waals surface area contributed by atoms with Crippen molar-refractivity contribution >= 4 is 66.4 Å². The number of azo groups is 1. The minimum absolute atomic E-state index is 0.0672. The Balaban J connectivity index is 1.86. The molecule has 0 radical (unpaired) electrons. The molecule has 0 fully saturated rings. The van der Waals surface area contributed by atoms with Gasteiger partial charge in [0.15, 0.2) is 5.00 Å². The van der Waals surface area contributed by atoms with Crippen molar-refractivity contribution in [3.63, 3.8) is 0 Å². The number of nitrogens with one attached hydrogen (secondary N) is 2. The van der Waals surface area contributed by atoms with Gasteiger partial charge < -0.3 is 15.7 Å². The van der Waals surface area contributed by atoms with Crippen LogP contribution in [0.25, 0.3) is 10.9 Å². The highest BCUT2D eigenvalue weighted by Gasteiger charge is 2.43. The number of anilines is 2. The third-order valence-electron chi connectivity index (χ3n) is 5.00. The van der Waals surface area contributed by atoms with E-state index < -0.39 is 21.4 Å². The molecule has 11 nitrogen and oxygen atoms in total. The first kappa shape index (κ1) is 21.8. The van der Waals surface area contributed by atoms with Crippen LogP contribution in [-0.2, 0) is 25.1 Å². The van der Waals surface area contributed by atoms with Crippen LogP contribution in [-0.4, -0.2) is 34.3 Å². The van der Waals surface area contributed by atoms with Gasteiger partial charge in [0, 0.05) is 17.9 Å². The molecular weight excluding hydrogens is 458 g/mol. The Morgan fingerprint density at radius 1 is 1.25 bits per heavy atom. The van der Waals surface area contributed by atoms with E-state index in [0.717, 1.165) is 11.5 Å². The smallest absolute Gasteiger partial charge is 0.294 e. The summed E-state index contributed by atoms with van der Waals surface area (Å²) in [5.41, 5.74) is 0.138. The number of aromatic nitrogens is 1. The third kappa shape index (κ3) is 3.59. The molecule has 3 aromatic rings. The number of phenolic OH excluding ortho intramolecular Hbond substituents is 1. The Labute approximate surface area is 186 Å². The Morgan fingerprint density at radius 3 is 2.62 bits per heavy atom. The fourth-order valence-electron chi connectivity index (χ4n) is 3.38. The van der Waals surface area contributed by atoms with E-state index in [9.17, 15) is 27.7 Å². The van der Waals surface area contributed by atoms with Gasteiger partial charge in [-0.3, -0.25) is 14.1 Å². The molecule has 0 spiro atoms. The number of benzene rings is 2. The van der Waals surface area contributed by atoms with E-state index >= 15 is 0 Å². The molecule has 4 rings (SSSR count). The lowest BCUT2D eigenvalue weighted by Gasteiger charge is -2.18. The van der Waals surface area contributed by atoms with Crippen LogP contribution in [0.4, 0.5) is 22.1 Å². The molecule has 2 aromatic carbocycles. The van der Waals surface area contributed by atoms with E-state index in [0.29, 0.717) is 10.9 Å². The highest BCUT2D eigenvalue weighted by atomic mass is 32.2. The number of rotatable bonds is 4. The fraction of sp³-hybridized carbons (Fsp3) is 0.211. The summed E-state index contributed by atoms with van der Waals surface area (Å²) in [4.78, 5) is 23.7. The lowest BCUT2D eigenvalue weighted by Crippen LogP contribution is -2.27. The van der Waals surface area contributed by atoms with Crippen molar-refractivity contribution in [1.29, 1.82) is 0 Å². The van der Waals surface area contributed by atoms with Gasteiger partial charge in [0.05, 0.1) is 27.2 Å². The van der Waals surface area contributed by atoms with Crippen LogP contribution in [0.3, 0.4) is 0 Å². The van der Waals surface area contributed by atoms with Crippen LogP contribution in [0.15, 0.2) is 39.4 Å². The van der Waals surface area contributed by atoms with Crippen LogP contribution >= 0.6 is 11.5 Å². The van der Waals surface area contributed by atoms with Gasteiger partial charge in [0.1, 0.15) is 11.4 Å². The number of fused-ring (bicyclic) bond motifs is 2. The van der Waals surface area contributed by atoms with Crippen molar-refractivity contribution in [3.8, 4) is 5.75 Å². The van der Waals surface area contributed by atoms with E-state index in [4.69, 9.17) is 0 Å². The molecule has 1 aliphatic heterocycles. The topological polar surface area (TPSA) is 170 Å². The predicted octanol–water partition coefficient (Wildman–Crippen LogP) is 3.85. The number of nitrogens with zero attached hydrogens (tertiary/aromatic N) is 3. The maximum absolute atomic E-state index is 12.5. The summed E-state index contributed by atoms with van der Waals surface area (Å²) in [7, 11) is -4.42. The standard InChI is InChI=1S/C19H17N5O6S2/c1-8(25)20-13-7-12(15-14(16(13)26)19(2,3)18(27)21-15)22-23-17-10-6-9(32(28,29)30)4-5-11(10)24-31-17/h4-7,26H,1-3H3,(H,20,25)(H,21,27)(H,28,29,30)/b23-22+. The van der Waals surface area contributed by atoms with Gasteiger partial charge >= 0.3 is 0 Å². The Kier molecular flexibility index (Phi) is 4.99. The molecule has 32 heavy (non-hydrogen) atoms. The zero-order valence-corrected chi connectivity index (χ0v) is 18.6. The lowest BCUT2D eigenvalue weighted by molar-refractivity contribution is -0.119. The molecule has 0 unspecified atom stereocenters. The summed E-state index contributed by atoms with van der Waals surface area (Å²) in [6.07, 6.45) is 0. The monoisotopic (exact) mass is 475 g/mol. The summed E-state index contributed by atoms with van der Waals surface area (Å²) in [6.45, 7) is 4.53. The zero-order chi connectivity index (χ0) is 23.4. The second-order valence-corrected chi connectivity index (χ2v) is 9.82. The van der Waals surface area contributed by atoms with Gasteiger partial charge in [-0.25, -0.2) is 0 Å². The number of amides is 2. The third-order valence-corrected chi connectivity index (χ3v) is 6.61. The van der Waals surface area contributed by atoms with Gasteiger partial charge in [-0.1, -0.05) is 0 Å². The minimum atomic E-state index is -4.42. The van der Waals surface area contributed by atoms with Gasteiger partial charge in [0.25, 0.3) is 10.1 Å². The van der Waals surface area contributed by atoms with Crippen LogP contribution in [0.2, 0.25) is 0 Å². The number of carbonyl (C=O) groups is 2. The predicted molar refractivity (Wildman–Crippen MR) is 118 cm³/mol. The average Bonchev–Trinajstić information content (AvgIpc) is 3.20. The average molecular weight is 476 g/mol. The summed E-state index contributed by atoms with van der Waals surface area (Å²) in [6, 6.07) is 5.26. The van der Waals surface area contributed by atoms with E-state index in [1.807, 2.05) is 0 Å². The number of hydrogen-bond acceptors (Lipinski definition) is 9. The van der Waals surface area contributed by atoms with Crippen molar-refractivity contribution in [2.45, 2.75) is 31.1 Å². The van der Waals surface area contributed by atoms with Crippen LogP contribution < -0.4 is 10.6 Å². The number of carbonyl (C=O) groups excluding carboxylic acids is 2. The maximum atomic E-state index is 12.5. The molecule has 0 atom stereocenters. The normalized spacial score (nSPS) is 15.2.